The molecule has 0 aliphatic heterocycles. The molecule has 0 N–H and O–H groups in total. The zero-order valence-corrected chi connectivity index (χ0v) is 13.7. The Balaban J connectivity index is 2.17. The standard InChI is InChI=1S/C16H20ClNOS/c1-11(2)12(3)19-9-13-6-4-5-7-15(13)16-18-14(8-17)10-20-16/h4-7,10-12H,8-9H2,1-3H3. The van der Waals surface area contributed by atoms with Crippen LogP contribution in [0, 0.1) is 5.92 Å². The van der Waals surface area contributed by atoms with E-state index in [1.807, 2.05) is 17.5 Å². The highest BCUT2D eigenvalue weighted by atomic mass is 35.5. The quantitative estimate of drug-likeness (QED) is 0.692. The van der Waals surface area contributed by atoms with E-state index in [0.29, 0.717) is 18.4 Å². The molecule has 1 aromatic heterocycles. The Morgan fingerprint density at radius 1 is 1.25 bits per heavy atom. The molecule has 1 unspecified atom stereocenters. The van der Waals surface area contributed by atoms with Gasteiger partial charge in [-0.1, -0.05) is 38.1 Å². The maximum atomic E-state index is 5.94. The lowest BCUT2D eigenvalue weighted by molar-refractivity contribution is 0.0237. The topological polar surface area (TPSA) is 22.1 Å². The summed E-state index contributed by atoms with van der Waals surface area (Å²) in [6.07, 6.45) is 0.248. The van der Waals surface area contributed by atoms with Crippen LogP contribution >= 0.6 is 22.9 Å². The molecule has 2 rings (SSSR count). The maximum absolute atomic E-state index is 5.94. The maximum Gasteiger partial charge on any atom is 0.124 e. The fourth-order valence-electron chi connectivity index (χ4n) is 1.76. The number of nitrogens with zero attached hydrogens (tertiary/aromatic N) is 1. The van der Waals surface area contributed by atoms with Gasteiger partial charge in [0.2, 0.25) is 0 Å². The number of ether oxygens (including phenoxy) is 1. The van der Waals surface area contributed by atoms with Crippen LogP contribution in [0.15, 0.2) is 29.6 Å². The van der Waals surface area contributed by atoms with Gasteiger partial charge in [0.1, 0.15) is 5.01 Å². The minimum absolute atomic E-state index is 0.248. The number of thiazole rings is 1. The summed E-state index contributed by atoms with van der Waals surface area (Å²) in [7, 11) is 0. The van der Waals surface area contributed by atoms with E-state index in [2.05, 4.69) is 37.9 Å². The molecule has 0 aliphatic rings. The Kier molecular flexibility index (Phi) is 5.58. The monoisotopic (exact) mass is 309 g/mol. The summed E-state index contributed by atoms with van der Waals surface area (Å²) in [6, 6.07) is 8.27. The first-order chi connectivity index (χ1) is 9.61. The number of aromatic nitrogens is 1. The molecular weight excluding hydrogens is 290 g/mol. The molecule has 0 saturated carbocycles. The molecular formula is C16H20ClNOS. The fourth-order valence-corrected chi connectivity index (χ4v) is 2.87. The van der Waals surface area contributed by atoms with Crippen LogP contribution in [0.3, 0.4) is 0 Å². The van der Waals surface area contributed by atoms with Crippen LogP contribution in [0.1, 0.15) is 32.0 Å². The summed E-state index contributed by atoms with van der Waals surface area (Å²) >= 11 is 7.46. The third kappa shape index (κ3) is 3.81. The molecule has 0 bridgehead atoms. The van der Waals surface area contributed by atoms with Crippen molar-refractivity contribution in [3.63, 3.8) is 0 Å². The second kappa shape index (κ2) is 7.21. The number of hydrogen-bond acceptors (Lipinski definition) is 3. The van der Waals surface area contributed by atoms with Crippen molar-refractivity contribution in [2.24, 2.45) is 5.92 Å². The van der Waals surface area contributed by atoms with Crippen molar-refractivity contribution in [2.45, 2.75) is 39.4 Å². The first-order valence-electron chi connectivity index (χ1n) is 6.82. The normalized spacial score (nSPS) is 12.8. The molecule has 0 radical (unpaired) electrons. The third-order valence-corrected chi connectivity index (χ3v) is 4.58. The van der Waals surface area contributed by atoms with Gasteiger partial charge in [0.15, 0.2) is 0 Å². The van der Waals surface area contributed by atoms with Crippen LogP contribution in [0.5, 0.6) is 0 Å². The number of benzene rings is 1. The summed E-state index contributed by atoms with van der Waals surface area (Å²) in [4.78, 5) is 4.55. The van der Waals surface area contributed by atoms with Crippen molar-refractivity contribution < 1.29 is 4.74 Å². The van der Waals surface area contributed by atoms with Gasteiger partial charge >= 0.3 is 0 Å². The molecule has 1 aromatic carbocycles. The molecule has 2 nitrogen and oxygen atoms in total. The van der Waals surface area contributed by atoms with Crippen molar-refractivity contribution in [2.75, 3.05) is 0 Å². The van der Waals surface area contributed by atoms with Crippen molar-refractivity contribution in [3.8, 4) is 10.6 Å². The molecule has 0 spiro atoms. The van der Waals surface area contributed by atoms with Gasteiger partial charge in [-0.05, 0) is 18.4 Å². The van der Waals surface area contributed by atoms with Crippen molar-refractivity contribution in [1.82, 2.24) is 4.98 Å². The van der Waals surface area contributed by atoms with Gasteiger partial charge in [-0.25, -0.2) is 4.98 Å². The van der Waals surface area contributed by atoms with Crippen LogP contribution in [-0.4, -0.2) is 11.1 Å². The second-order valence-corrected chi connectivity index (χ2v) is 6.32. The van der Waals surface area contributed by atoms with Crippen molar-refractivity contribution in [3.05, 3.63) is 40.9 Å². The number of halogens is 1. The molecule has 20 heavy (non-hydrogen) atoms. The second-order valence-electron chi connectivity index (χ2n) is 5.19. The Bertz CT molecular complexity index is 553. The van der Waals surface area contributed by atoms with Crippen LogP contribution in [0.2, 0.25) is 0 Å². The van der Waals surface area contributed by atoms with E-state index in [9.17, 15) is 0 Å². The Morgan fingerprint density at radius 2 is 2.00 bits per heavy atom. The highest BCUT2D eigenvalue weighted by Crippen LogP contribution is 2.28. The minimum atomic E-state index is 0.248. The molecule has 0 aliphatic carbocycles. The molecule has 0 saturated heterocycles. The van der Waals surface area contributed by atoms with Crippen molar-refractivity contribution in [1.29, 1.82) is 0 Å². The van der Waals surface area contributed by atoms with E-state index in [1.165, 1.54) is 5.56 Å². The lowest BCUT2D eigenvalue weighted by atomic mass is 10.1. The van der Waals surface area contributed by atoms with Gasteiger partial charge < -0.3 is 4.74 Å². The van der Waals surface area contributed by atoms with Gasteiger partial charge in [0.25, 0.3) is 0 Å². The van der Waals surface area contributed by atoms with Gasteiger partial charge in [0.05, 0.1) is 24.3 Å². The molecule has 108 valence electrons. The number of alkyl halides is 1. The van der Waals surface area contributed by atoms with Crippen LogP contribution in [-0.2, 0) is 17.2 Å². The van der Waals surface area contributed by atoms with E-state index in [0.717, 1.165) is 16.3 Å². The Labute approximate surface area is 129 Å². The number of rotatable bonds is 6. The SMILES string of the molecule is CC(C)C(C)OCc1ccccc1-c1nc(CCl)cs1. The average Bonchev–Trinajstić information content (AvgIpc) is 2.93. The van der Waals surface area contributed by atoms with Gasteiger partial charge in [-0.15, -0.1) is 22.9 Å². The summed E-state index contributed by atoms with van der Waals surface area (Å²) in [5, 5.41) is 3.02. The molecule has 2 aromatic rings. The van der Waals surface area contributed by atoms with Crippen LogP contribution in [0.4, 0.5) is 0 Å². The van der Waals surface area contributed by atoms with Gasteiger partial charge in [-0.3, -0.25) is 0 Å². The largest absolute Gasteiger partial charge is 0.374 e. The highest BCUT2D eigenvalue weighted by Gasteiger charge is 2.12. The molecule has 4 heteroatoms. The van der Waals surface area contributed by atoms with E-state index >= 15 is 0 Å². The van der Waals surface area contributed by atoms with E-state index in [-0.39, 0.29) is 6.10 Å². The lowest BCUT2D eigenvalue weighted by Crippen LogP contribution is -2.15. The zero-order chi connectivity index (χ0) is 14.5. The minimum Gasteiger partial charge on any atom is -0.374 e. The summed E-state index contributed by atoms with van der Waals surface area (Å²) in [5.74, 6) is 0.976. The summed E-state index contributed by atoms with van der Waals surface area (Å²) < 4.78 is 5.94. The zero-order valence-electron chi connectivity index (χ0n) is 12.1. The molecule has 1 heterocycles. The van der Waals surface area contributed by atoms with Crippen LogP contribution < -0.4 is 0 Å². The first kappa shape index (κ1) is 15.5. The van der Waals surface area contributed by atoms with Gasteiger partial charge in [-0.2, -0.15) is 0 Å². The van der Waals surface area contributed by atoms with E-state index in [4.69, 9.17) is 16.3 Å². The summed E-state index contributed by atoms with van der Waals surface area (Å²) in [5.41, 5.74) is 3.25. The van der Waals surface area contributed by atoms with Crippen molar-refractivity contribution >= 4 is 22.9 Å². The highest BCUT2D eigenvalue weighted by molar-refractivity contribution is 7.13. The Morgan fingerprint density at radius 3 is 2.65 bits per heavy atom. The smallest absolute Gasteiger partial charge is 0.124 e. The molecule has 1 atom stereocenters. The number of hydrogen-bond donors (Lipinski definition) is 0. The summed E-state index contributed by atoms with van der Waals surface area (Å²) in [6.45, 7) is 7.07. The van der Waals surface area contributed by atoms with E-state index < -0.39 is 0 Å². The van der Waals surface area contributed by atoms with Crippen LogP contribution in [0.25, 0.3) is 10.6 Å². The van der Waals surface area contributed by atoms with E-state index in [1.54, 1.807) is 11.3 Å². The first-order valence-corrected chi connectivity index (χ1v) is 8.23. The lowest BCUT2D eigenvalue weighted by Gasteiger charge is -2.17. The fraction of sp³-hybridized carbons (Fsp3) is 0.438. The molecule has 0 fully saturated rings. The predicted molar refractivity (Wildman–Crippen MR) is 86.2 cm³/mol. The predicted octanol–water partition coefficient (Wildman–Crippen LogP) is 5.11. The third-order valence-electron chi connectivity index (χ3n) is 3.38. The Hall–Kier alpha value is -0.900. The average molecular weight is 310 g/mol. The molecule has 0 amide bonds. The van der Waals surface area contributed by atoms with Gasteiger partial charge in [0, 0.05) is 10.9 Å².